The van der Waals surface area contributed by atoms with Gasteiger partial charge >= 0.3 is 5.97 Å². The SMILES string of the molecule is COC(=O)c1c(-c2ccc(O)cc2)c(-c2ccc(OC(C)C)cc2)cn1C. The summed E-state index contributed by atoms with van der Waals surface area (Å²) in [4.78, 5) is 12.4. The number of methoxy groups -OCH3 is 1. The number of phenols is 1. The Morgan fingerprint density at radius 2 is 1.59 bits per heavy atom. The Kier molecular flexibility index (Phi) is 5.21. The first-order valence-corrected chi connectivity index (χ1v) is 8.75. The van der Waals surface area contributed by atoms with Crippen LogP contribution in [0.25, 0.3) is 22.3 Å². The third-order valence-corrected chi connectivity index (χ3v) is 4.25. The molecule has 2 aromatic carbocycles. The molecule has 0 fully saturated rings. The molecule has 140 valence electrons. The maximum Gasteiger partial charge on any atom is 0.355 e. The molecule has 0 spiro atoms. The number of ether oxygens (including phenoxy) is 2. The summed E-state index contributed by atoms with van der Waals surface area (Å²) in [5, 5.41) is 9.61. The number of rotatable bonds is 5. The van der Waals surface area contributed by atoms with E-state index in [9.17, 15) is 9.90 Å². The van der Waals surface area contributed by atoms with E-state index < -0.39 is 5.97 Å². The van der Waals surface area contributed by atoms with E-state index >= 15 is 0 Å². The summed E-state index contributed by atoms with van der Waals surface area (Å²) >= 11 is 0. The molecule has 0 atom stereocenters. The lowest BCUT2D eigenvalue weighted by atomic mass is 9.96. The first-order chi connectivity index (χ1) is 12.9. The van der Waals surface area contributed by atoms with Gasteiger partial charge in [0.2, 0.25) is 0 Å². The zero-order chi connectivity index (χ0) is 19.6. The summed E-state index contributed by atoms with van der Waals surface area (Å²) in [5.74, 6) is 0.557. The number of carbonyl (C=O) groups is 1. The molecule has 0 bridgehead atoms. The zero-order valence-electron chi connectivity index (χ0n) is 15.9. The largest absolute Gasteiger partial charge is 0.508 e. The third-order valence-electron chi connectivity index (χ3n) is 4.25. The number of carbonyl (C=O) groups excluding carboxylic acids is 1. The number of hydrogen-bond acceptors (Lipinski definition) is 4. The molecule has 1 N–H and O–H groups in total. The van der Waals surface area contributed by atoms with Gasteiger partial charge in [-0.1, -0.05) is 24.3 Å². The Hall–Kier alpha value is -3.21. The molecule has 0 radical (unpaired) electrons. The van der Waals surface area contributed by atoms with E-state index in [1.165, 1.54) is 7.11 Å². The van der Waals surface area contributed by atoms with Gasteiger partial charge in [-0.05, 0) is 49.2 Å². The Bertz CT molecular complexity index is 938. The number of esters is 1. The number of aryl methyl sites for hydroxylation is 1. The van der Waals surface area contributed by atoms with E-state index in [0.717, 1.165) is 28.0 Å². The highest BCUT2D eigenvalue weighted by molar-refractivity contribution is 6.01. The highest BCUT2D eigenvalue weighted by Gasteiger charge is 2.23. The number of aromatic nitrogens is 1. The van der Waals surface area contributed by atoms with Crippen molar-refractivity contribution in [3.8, 4) is 33.8 Å². The molecule has 0 aliphatic rings. The fraction of sp³-hybridized carbons (Fsp3) is 0.227. The van der Waals surface area contributed by atoms with Crippen LogP contribution in [0.2, 0.25) is 0 Å². The molecule has 5 nitrogen and oxygen atoms in total. The van der Waals surface area contributed by atoms with Crippen LogP contribution < -0.4 is 4.74 Å². The number of hydrogen-bond donors (Lipinski definition) is 1. The van der Waals surface area contributed by atoms with Gasteiger partial charge in [-0.15, -0.1) is 0 Å². The van der Waals surface area contributed by atoms with Crippen molar-refractivity contribution in [2.75, 3.05) is 7.11 Å². The molecule has 27 heavy (non-hydrogen) atoms. The Labute approximate surface area is 158 Å². The van der Waals surface area contributed by atoms with Crippen LogP contribution in [0, 0.1) is 0 Å². The van der Waals surface area contributed by atoms with Crippen molar-refractivity contribution in [1.82, 2.24) is 4.57 Å². The molecule has 0 aliphatic heterocycles. The van der Waals surface area contributed by atoms with Crippen LogP contribution in [-0.4, -0.2) is 28.9 Å². The van der Waals surface area contributed by atoms with Crippen molar-refractivity contribution >= 4 is 5.97 Å². The molecular weight excluding hydrogens is 342 g/mol. The Morgan fingerprint density at radius 3 is 2.15 bits per heavy atom. The molecular formula is C22H23NO4. The van der Waals surface area contributed by atoms with Crippen molar-refractivity contribution in [1.29, 1.82) is 0 Å². The van der Waals surface area contributed by atoms with Crippen LogP contribution in [0.3, 0.4) is 0 Å². The molecule has 5 heteroatoms. The second-order valence-corrected chi connectivity index (χ2v) is 6.61. The second-order valence-electron chi connectivity index (χ2n) is 6.61. The molecule has 0 aliphatic carbocycles. The van der Waals surface area contributed by atoms with Crippen molar-refractivity contribution in [3.63, 3.8) is 0 Å². The summed E-state index contributed by atoms with van der Waals surface area (Å²) < 4.78 is 12.5. The maximum atomic E-state index is 12.4. The van der Waals surface area contributed by atoms with E-state index in [4.69, 9.17) is 9.47 Å². The highest BCUT2D eigenvalue weighted by atomic mass is 16.5. The van der Waals surface area contributed by atoms with Crippen LogP contribution in [0.15, 0.2) is 54.7 Å². The summed E-state index contributed by atoms with van der Waals surface area (Å²) in [6.07, 6.45) is 2.01. The van der Waals surface area contributed by atoms with E-state index in [-0.39, 0.29) is 11.9 Å². The van der Waals surface area contributed by atoms with E-state index in [1.807, 2.05) is 51.4 Å². The summed E-state index contributed by atoms with van der Waals surface area (Å²) in [7, 11) is 3.18. The molecule has 1 heterocycles. The molecule has 0 saturated heterocycles. The molecule has 0 saturated carbocycles. The maximum absolute atomic E-state index is 12.4. The van der Waals surface area contributed by atoms with Gasteiger partial charge in [0.25, 0.3) is 0 Å². The fourth-order valence-electron chi connectivity index (χ4n) is 3.09. The minimum absolute atomic E-state index is 0.103. The van der Waals surface area contributed by atoms with E-state index in [0.29, 0.717) is 5.69 Å². The normalized spacial score (nSPS) is 10.9. The van der Waals surface area contributed by atoms with Gasteiger partial charge in [0.05, 0.1) is 13.2 Å². The minimum Gasteiger partial charge on any atom is -0.508 e. The molecule has 0 amide bonds. The van der Waals surface area contributed by atoms with Crippen molar-refractivity contribution in [3.05, 3.63) is 60.4 Å². The fourth-order valence-corrected chi connectivity index (χ4v) is 3.09. The molecule has 1 aromatic heterocycles. The predicted molar refractivity (Wildman–Crippen MR) is 105 cm³/mol. The molecule has 0 unspecified atom stereocenters. The molecule has 3 aromatic rings. The van der Waals surface area contributed by atoms with Gasteiger partial charge in [-0.3, -0.25) is 0 Å². The topological polar surface area (TPSA) is 60.7 Å². The van der Waals surface area contributed by atoms with Gasteiger partial charge in [0, 0.05) is 24.4 Å². The first-order valence-electron chi connectivity index (χ1n) is 8.75. The van der Waals surface area contributed by atoms with Crippen LogP contribution in [0.4, 0.5) is 0 Å². The number of nitrogens with zero attached hydrogens (tertiary/aromatic N) is 1. The highest BCUT2D eigenvalue weighted by Crippen LogP contribution is 2.38. The third kappa shape index (κ3) is 3.82. The van der Waals surface area contributed by atoms with Crippen LogP contribution >= 0.6 is 0 Å². The van der Waals surface area contributed by atoms with Crippen LogP contribution in [0.5, 0.6) is 11.5 Å². The lowest BCUT2D eigenvalue weighted by Gasteiger charge is -2.11. The van der Waals surface area contributed by atoms with Gasteiger partial charge < -0.3 is 19.1 Å². The number of phenolic OH excluding ortho intramolecular Hbond substituents is 1. The number of benzene rings is 2. The number of aromatic hydroxyl groups is 1. The first kappa shape index (κ1) is 18.6. The Morgan fingerprint density at radius 1 is 1.00 bits per heavy atom. The van der Waals surface area contributed by atoms with Gasteiger partial charge in [-0.25, -0.2) is 4.79 Å². The predicted octanol–water partition coefficient (Wildman–Crippen LogP) is 4.64. The average Bonchev–Trinajstić information content (AvgIpc) is 2.99. The summed E-state index contributed by atoms with van der Waals surface area (Å²) in [6.45, 7) is 3.97. The minimum atomic E-state index is -0.411. The van der Waals surface area contributed by atoms with Crippen molar-refractivity contribution in [2.24, 2.45) is 7.05 Å². The standard InChI is InChI=1S/C22H23NO4/c1-14(2)27-18-11-7-15(8-12-18)19-13-23(3)21(22(25)26-4)20(19)16-5-9-17(24)10-6-16/h5-14,24H,1-4H3. The monoisotopic (exact) mass is 365 g/mol. The average molecular weight is 365 g/mol. The lowest BCUT2D eigenvalue weighted by molar-refractivity contribution is 0.0591. The summed E-state index contributed by atoms with van der Waals surface area (Å²) in [5.41, 5.74) is 3.91. The Balaban J connectivity index is 2.15. The zero-order valence-corrected chi connectivity index (χ0v) is 15.9. The van der Waals surface area contributed by atoms with E-state index in [2.05, 4.69) is 0 Å². The summed E-state index contributed by atoms with van der Waals surface area (Å²) in [6, 6.07) is 14.6. The smallest absolute Gasteiger partial charge is 0.355 e. The quantitative estimate of drug-likeness (QED) is 0.669. The van der Waals surface area contributed by atoms with Crippen molar-refractivity contribution in [2.45, 2.75) is 20.0 Å². The van der Waals surface area contributed by atoms with Crippen LogP contribution in [-0.2, 0) is 11.8 Å². The van der Waals surface area contributed by atoms with Gasteiger partial charge in [0.15, 0.2) is 0 Å². The van der Waals surface area contributed by atoms with Crippen molar-refractivity contribution < 1.29 is 19.4 Å². The van der Waals surface area contributed by atoms with Crippen LogP contribution in [0.1, 0.15) is 24.3 Å². The lowest BCUT2D eigenvalue weighted by Crippen LogP contribution is -2.08. The van der Waals surface area contributed by atoms with E-state index in [1.54, 1.807) is 28.8 Å². The van der Waals surface area contributed by atoms with Gasteiger partial charge in [-0.2, -0.15) is 0 Å². The second kappa shape index (κ2) is 7.58. The van der Waals surface area contributed by atoms with Gasteiger partial charge in [0.1, 0.15) is 17.2 Å². The molecule has 3 rings (SSSR count).